The Hall–Kier alpha value is -2.37. The lowest BCUT2D eigenvalue weighted by molar-refractivity contribution is 0.0686. The molecule has 104 valence electrons. The third kappa shape index (κ3) is 2.64. The molecule has 6 heteroatoms. The van der Waals surface area contributed by atoms with Gasteiger partial charge in [0, 0.05) is 43.7 Å². The monoisotopic (exact) mass is 272 g/mol. The Balaban J connectivity index is 1.63. The fourth-order valence-electron chi connectivity index (χ4n) is 2.09. The van der Waals surface area contributed by atoms with Gasteiger partial charge >= 0.3 is 5.97 Å². The first-order chi connectivity index (χ1) is 9.63. The van der Waals surface area contributed by atoms with Gasteiger partial charge in [-0.1, -0.05) is 0 Å². The maximum absolute atomic E-state index is 10.9. The fraction of sp³-hybridized carbons (Fsp3) is 0.357. The van der Waals surface area contributed by atoms with Crippen LogP contribution in [0.5, 0.6) is 0 Å². The van der Waals surface area contributed by atoms with E-state index < -0.39 is 5.97 Å². The van der Waals surface area contributed by atoms with E-state index in [0.29, 0.717) is 12.5 Å². The predicted molar refractivity (Wildman–Crippen MR) is 73.7 cm³/mol. The lowest BCUT2D eigenvalue weighted by atomic mass is 10.3. The Morgan fingerprint density at radius 2 is 2.15 bits per heavy atom. The number of carboxylic acid groups (broad SMARTS) is 1. The van der Waals surface area contributed by atoms with Crippen LogP contribution in [-0.2, 0) is 13.6 Å². The number of nitrogens with zero attached hydrogens (tertiary/aromatic N) is 3. The average molecular weight is 272 g/mol. The van der Waals surface area contributed by atoms with Gasteiger partial charge in [0.2, 0.25) is 0 Å². The van der Waals surface area contributed by atoms with Crippen LogP contribution in [-0.4, -0.2) is 25.6 Å². The van der Waals surface area contributed by atoms with Crippen LogP contribution in [0.25, 0.3) is 0 Å². The second-order valence-corrected chi connectivity index (χ2v) is 5.11. The molecule has 1 aliphatic carbocycles. The van der Waals surface area contributed by atoms with Gasteiger partial charge in [-0.05, 0) is 18.9 Å². The maximum atomic E-state index is 10.9. The normalized spacial score (nSPS) is 14.2. The van der Waals surface area contributed by atoms with Crippen LogP contribution in [0.2, 0.25) is 0 Å². The molecule has 2 heterocycles. The molecular weight excluding hydrogens is 256 g/mol. The van der Waals surface area contributed by atoms with Gasteiger partial charge in [0.25, 0.3) is 0 Å². The molecule has 0 aliphatic heterocycles. The zero-order valence-corrected chi connectivity index (χ0v) is 11.2. The summed E-state index contributed by atoms with van der Waals surface area (Å²) in [7, 11) is 1.71. The predicted octanol–water partition coefficient (Wildman–Crippen LogP) is 2.00. The molecule has 6 nitrogen and oxygen atoms in total. The van der Waals surface area contributed by atoms with E-state index in [4.69, 9.17) is 5.11 Å². The molecule has 0 saturated heterocycles. The smallest absolute Gasteiger partial charge is 0.352 e. The molecule has 2 N–H and O–H groups in total. The van der Waals surface area contributed by atoms with E-state index in [1.54, 1.807) is 23.9 Å². The standard InChI is InChI=1S/C14H16N4O2/c1-18-8-11(4-12(18)14(19)20)15-5-9-6-16-13(17-7-9)10-2-3-10/h4,6-8,10,15H,2-3,5H2,1H3,(H,19,20). The summed E-state index contributed by atoms with van der Waals surface area (Å²) in [5, 5.41) is 12.2. The van der Waals surface area contributed by atoms with Gasteiger partial charge in [-0.2, -0.15) is 0 Å². The quantitative estimate of drug-likeness (QED) is 0.870. The minimum absolute atomic E-state index is 0.257. The first-order valence-corrected chi connectivity index (χ1v) is 6.58. The van der Waals surface area contributed by atoms with Crippen LogP contribution >= 0.6 is 0 Å². The van der Waals surface area contributed by atoms with E-state index in [1.807, 2.05) is 12.4 Å². The van der Waals surface area contributed by atoms with Crippen LogP contribution < -0.4 is 5.32 Å². The lowest BCUT2D eigenvalue weighted by Crippen LogP contribution is -2.02. The topological polar surface area (TPSA) is 80.0 Å². The molecule has 0 spiro atoms. The average Bonchev–Trinajstić information content (AvgIpc) is 3.20. The molecule has 0 aromatic carbocycles. The van der Waals surface area contributed by atoms with E-state index in [-0.39, 0.29) is 5.69 Å². The van der Waals surface area contributed by atoms with Crippen molar-refractivity contribution in [3.63, 3.8) is 0 Å². The highest BCUT2D eigenvalue weighted by Gasteiger charge is 2.26. The van der Waals surface area contributed by atoms with Gasteiger partial charge < -0.3 is 15.0 Å². The molecule has 1 fully saturated rings. The number of anilines is 1. The number of nitrogens with one attached hydrogen (secondary N) is 1. The van der Waals surface area contributed by atoms with Crippen molar-refractivity contribution in [3.8, 4) is 0 Å². The van der Waals surface area contributed by atoms with Gasteiger partial charge in [-0.25, -0.2) is 14.8 Å². The van der Waals surface area contributed by atoms with Crippen molar-refractivity contribution < 1.29 is 9.90 Å². The minimum atomic E-state index is -0.933. The molecule has 1 aliphatic rings. The Morgan fingerprint density at radius 3 is 2.70 bits per heavy atom. The minimum Gasteiger partial charge on any atom is -0.477 e. The van der Waals surface area contributed by atoms with Gasteiger partial charge in [0.15, 0.2) is 0 Å². The molecular formula is C14H16N4O2. The second-order valence-electron chi connectivity index (χ2n) is 5.11. The number of hydrogen-bond donors (Lipinski definition) is 2. The second kappa shape index (κ2) is 4.96. The number of carboxylic acids is 1. The molecule has 0 bridgehead atoms. The van der Waals surface area contributed by atoms with Crippen LogP contribution in [0, 0.1) is 0 Å². The highest BCUT2D eigenvalue weighted by molar-refractivity contribution is 5.87. The highest BCUT2D eigenvalue weighted by Crippen LogP contribution is 2.37. The molecule has 3 rings (SSSR count). The summed E-state index contributed by atoms with van der Waals surface area (Å²) < 4.78 is 1.58. The van der Waals surface area contributed by atoms with Crippen molar-refractivity contribution in [1.29, 1.82) is 0 Å². The lowest BCUT2D eigenvalue weighted by Gasteiger charge is -2.04. The fourth-order valence-corrected chi connectivity index (χ4v) is 2.09. The molecule has 0 radical (unpaired) electrons. The number of rotatable bonds is 5. The zero-order chi connectivity index (χ0) is 14.1. The van der Waals surface area contributed by atoms with Crippen molar-refractivity contribution in [3.05, 3.63) is 41.7 Å². The van der Waals surface area contributed by atoms with E-state index >= 15 is 0 Å². The van der Waals surface area contributed by atoms with Crippen LogP contribution in [0.1, 0.15) is 40.6 Å². The molecule has 0 amide bonds. The van der Waals surface area contributed by atoms with E-state index in [0.717, 1.165) is 17.1 Å². The first kappa shape index (κ1) is 12.7. The maximum Gasteiger partial charge on any atom is 0.352 e. The van der Waals surface area contributed by atoms with Crippen molar-refractivity contribution in [2.45, 2.75) is 25.3 Å². The molecule has 1 saturated carbocycles. The van der Waals surface area contributed by atoms with Crippen LogP contribution in [0.3, 0.4) is 0 Å². The summed E-state index contributed by atoms with van der Waals surface area (Å²) in [6, 6.07) is 1.61. The molecule has 0 unspecified atom stereocenters. The van der Waals surface area contributed by atoms with Gasteiger partial charge in [0.05, 0.1) is 5.69 Å². The number of hydrogen-bond acceptors (Lipinski definition) is 4. The van der Waals surface area contributed by atoms with Crippen molar-refractivity contribution >= 4 is 11.7 Å². The number of aromatic carboxylic acids is 1. The molecule has 2 aromatic heterocycles. The van der Waals surface area contributed by atoms with Crippen LogP contribution in [0.15, 0.2) is 24.7 Å². The number of aromatic nitrogens is 3. The zero-order valence-electron chi connectivity index (χ0n) is 11.2. The summed E-state index contributed by atoms with van der Waals surface area (Å²) >= 11 is 0. The molecule has 20 heavy (non-hydrogen) atoms. The van der Waals surface area contributed by atoms with Crippen molar-refractivity contribution in [2.24, 2.45) is 7.05 Å². The van der Waals surface area contributed by atoms with E-state index in [2.05, 4.69) is 15.3 Å². The van der Waals surface area contributed by atoms with E-state index in [1.165, 1.54) is 12.8 Å². The molecule has 2 aromatic rings. The van der Waals surface area contributed by atoms with Crippen LogP contribution in [0.4, 0.5) is 5.69 Å². The third-order valence-electron chi connectivity index (χ3n) is 3.39. The van der Waals surface area contributed by atoms with E-state index in [9.17, 15) is 4.79 Å². The van der Waals surface area contributed by atoms with Gasteiger partial charge in [-0.15, -0.1) is 0 Å². The van der Waals surface area contributed by atoms with Crippen molar-refractivity contribution in [2.75, 3.05) is 5.32 Å². The Morgan fingerprint density at radius 1 is 1.45 bits per heavy atom. The number of aryl methyl sites for hydroxylation is 1. The first-order valence-electron chi connectivity index (χ1n) is 6.58. The largest absolute Gasteiger partial charge is 0.477 e. The van der Waals surface area contributed by atoms with Gasteiger partial charge in [-0.3, -0.25) is 0 Å². The van der Waals surface area contributed by atoms with Gasteiger partial charge in [0.1, 0.15) is 11.5 Å². The summed E-state index contributed by atoms with van der Waals surface area (Å²) in [4.78, 5) is 19.7. The molecule has 0 atom stereocenters. The summed E-state index contributed by atoms with van der Waals surface area (Å²) in [6.07, 6.45) is 7.80. The van der Waals surface area contributed by atoms with Crippen molar-refractivity contribution in [1.82, 2.24) is 14.5 Å². The summed E-state index contributed by atoms with van der Waals surface area (Å²) in [6.45, 7) is 0.577. The Kier molecular flexibility index (Phi) is 3.14. The number of carbonyl (C=O) groups is 1. The Labute approximate surface area is 116 Å². The Bertz CT molecular complexity index is 629. The summed E-state index contributed by atoms with van der Waals surface area (Å²) in [5.74, 6) is 0.559. The SMILES string of the molecule is Cn1cc(NCc2cnc(C3CC3)nc2)cc1C(=O)O. The third-order valence-corrected chi connectivity index (χ3v) is 3.39. The highest BCUT2D eigenvalue weighted by atomic mass is 16.4. The summed E-state index contributed by atoms with van der Waals surface area (Å²) in [5.41, 5.74) is 2.01.